The van der Waals surface area contributed by atoms with Gasteiger partial charge in [0.1, 0.15) is 6.04 Å². The highest BCUT2D eigenvalue weighted by molar-refractivity contribution is 7.84. The zero-order chi connectivity index (χ0) is 16.0. The molecule has 0 bridgehead atoms. The van der Waals surface area contributed by atoms with Gasteiger partial charge in [-0.2, -0.15) is 5.26 Å². The van der Waals surface area contributed by atoms with Crippen LogP contribution in [0.15, 0.2) is 18.2 Å². The monoisotopic (exact) mass is 328 g/mol. The van der Waals surface area contributed by atoms with Gasteiger partial charge in [-0.05, 0) is 17.7 Å². The van der Waals surface area contributed by atoms with Gasteiger partial charge in [-0.15, -0.1) is 0 Å². The highest BCUT2D eigenvalue weighted by Gasteiger charge is 2.21. The van der Waals surface area contributed by atoms with Gasteiger partial charge in [0.05, 0.1) is 23.1 Å². The first-order chi connectivity index (χ1) is 9.83. The Balaban J connectivity index is 2.75. The zero-order valence-electron chi connectivity index (χ0n) is 11.1. The minimum atomic E-state index is -1.52. The average molecular weight is 329 g/mol. The molecule has 0 aliphatic rings. The summed E-state index contributed by atoms with van der Waals surface area (Å²) in [5.74, 6) is -1.92. The highest BCUT2D eigenvalue weighted by Crippen LogP contribution is 2.19. The predicted octanol–water partition coefficient (Wildman–Crippen LogP) is 1.05. The Labute approximate surface area is 129 Å². The van der Waals surface area contributed by atoms with Crippen LogP contribution in [0.4, 0.5) is 0 Å². The molecular weight excluding hydrogens is 316 g/mol. The van der Waals surface area contributed by atoms with Crippen LogP contribution >= 0.6 is 11.6 Å². The Bertz CT molecular complexity index is 627. The van der Waals surface area contributed by atoms with Crippen molar-refractivity contribution < 1.29 is 18.9 Å². The van der Waals surface area contributed by atoms with Gasteiger partial charge < -0.3 is 10.4 Å². The smallest absolute Gasteiger partial charge is 0.327 e. The van der Waals surface area contributed by atoms with Gasteiger partial charge in [-0.3, -0.25) is 9.00 Å². The van der Waals surface area contributed by atoms with Gasteiger partial charge in [0.15, 0.2) is 0 Å². The summed E-state index contributed by atoms with van der Waals surface area (Å²) < 4.78 is 12.0. The van der Waals surface area contributed by atoms with Crippen molar-refractivity contribution in [2.75, 3.05) is 5.75 Å². The molecular formula is C13H13ClN2O4S. The van der Waals surface area contributed by atoms with Gasteiger partial charge >= 0.3 is 5.97 Å². The fraction of sp³-hybridized carbons (Fsp3) is 0.308. The summed E-state index contributed by atoms with van der Waals surface area (Å²) in [6.07, 6.45) is 0. The molecule has 1 unspecified atom stereocenters. The standard InChI is InChI=1S/C13H13ClN2O4S/c1-8(17)16-12(13(18)19)7-21(20)6-10-3-2-9(5-15)4-11(10)14/h2-4,12H,6-7H2,1H3,(H,16,17)(H,18,19)/t12-,21?/m0/s1. The molecule has 1 rings (SSSR count). The van der Waals surface area contributed by atoms with Crippen molar-refractivity contribution >= 4 is 34.3 Å². The quantitative estimate of drug-likeness (QED) is 0.811. The number of carboxylic acids is 1. The van der Waals surface area contributed by atoms with E-state index in [0.29, 0.717) is 16.1 Å². The fourth-order valence-electron chi connectivity index (χ4n) is 1.57. The number of nitrogens with one attached hydrogen (secondary N) is 1. The number of carbonyl (C=O) groups excluding carboxylic acids is 1. The third-order valence-electron chi connectivity index (χ3n) is 2.53. The van der Waals surface area contributed by atoms with Gasteiger partial charge in [-0.1, -0.05) is 17.7 Å². The number of nitriles is 1. The largest absolute Gasteiger partial charge is 0.480 e. The van der Waals surface area contributed by atoms with Crippen LogP contribution in [-0.4, -0.2) is 33.0 Å². The SMILES string of the molecule is CC(=O)N[C@@H](CS(=O)Cc1ccc(C#N)cc1Cl)C(=O)O. The maximum atomic E-state index is 12.0. The average Bonchev–Trinajstić information content (AvgIpc) is 2.39. The Hall–Kier alpha value is -1.91. The van der Waals surface area contributed by atoms with E-state index in [-0.39, 0.29) is 11.5 Å². The van der Waals surface area contributed by atoms with Gasteiger partial charge in [0.2, 0.25) is 5.91 Å². The number of aliphatic carboxylic acids is 1. The molecule has 8 heteroatoms. The number of benzene rings is 1. The van der Waals surface area contributed by atoms with E-state index < -0.39 is 28.7 Å². The van der Waals surface area contributed by atoms with Gasteiger partial charge in [0.25, 0.3) is 0 Å². The first kappa shape index (κ1) is 17.1. The van der Waals surface area contributed by atoms with Crippen molar-refractivity contribution in [2.24, 2.45) is 0 Å². The minimum absolute atomic E-state index is 0.0495. The van der Waals surface area contributed by atoms with Crippen LogP contribution in [0.1, 0.15) is 18.1 Å². The molecule has 0 aromatic heterocycles. The number of carboxylic acid groups (broad SMARTS) is 1. The van der Waals surface area contributed by atoms with E-state index in [0.717, 1.165) is 0 Å². The molecule has 0 aliphatic carbocycles. The molecule has 21 heavy (non-hydrogen) atoms. The molecule has 1 aromatic rings. The van der Waals surface area contributed by atoms with Crippen LogP contribution < -0.4 is 5.32 Å². The van der Waals surface area contributed by atoms with Crippen LogP contribution in [0.25, 0.3) is 0 Å². The number of carbonyl (C=O) groups is 2. The van der Waals surface area contributed by atoms with Gasteiger partial charge in [-0.25, -0.2) is 4.79 Å². The fourth-order valence-corrected chi connectivity index (χ4v) is 3.21. The van der Waals surface area contributed by atoms with E-state index in [2.05, 4.69) is 5.32 Å². The number of amides is 1. The summed E-state index contributed by atoms with van der Waals surface area (Å²) in [6, 6.07) is 5.30. The van der Waals surface area contributed by atoms with Crippen LogP contribution in [0.2, 0.25) is 5.02 Å². The molecule has 0 radical (unpaired) electrons. The van der Waals surface area contributed by atoms with Crippen molar-refractivity contribution in [1.29, 1.82) is 5.26 Å². The molecule has 112 valence electrons. The van der Waals surface area contributed by atoms with Crippen molar-refractivity contribution in [2.45, 2.75) is 18.7 Å². The van der Waals surface area contributed by atoms with Crippen molar-refractivity contribution in [1.82, 2.24) is 5.32 Å². The summed E-state index contributed by atoms with van der Waals surface area (Å²) in [5, 5.41) is 20.2. The molecule has 0 heterocycles. The van der Waals surface area contributed by atoms with E-state index >= 15 is 0 Å². The summed E-state index contributed by atoms with van der Waals surface area (Å²) in [4.78, 5) is 21.9. The van der Waals surface area contributed by atoms with Crippen LogP contribution in [0, 0.1) is 11.3 Å². The molecule has 0 aliphatic heterocycles. The maximum Gasteiger partial charge on any atom is 0.327 e. The number of hydrogen-bond acceptors (Lipinski definition) is 4. The third kappa shape index (κ3) is 5.53. The number of nitrogens with zero attached hydrogens (tertiary/aromatic N) is 1. The van der Waals surface area contributed by atoms with Crippen LogP contribution in [0.5, 0.6) is 0 Å². The molecule has 2 atom stereocenters. The van der Waals surface area contributed by atoms with E-state index in [9.17, 15) is 13.8 Å². The Morgan fingerprint density at radius 1 is 1.52 bits per heavy atom. The molecule has 0 fully saturated rings. The van der Waals surface area contributed by atoms with Crippen LogP contribution in [-0.2, 0) is 26.1 Å². The lowest BCUT2D eigenvalue weighted by atomic mass is 10.2. The van der Waals surface area contributed by atoms with E-state index in [4.69, 9.17) is 22.0 Å². The number of rotatable bonds is 6. The molecule has 0 saturated carbocycles. The van der Waals surface area contributed by atoms with Crippen molar-refractivity contribution in [3.8, 4) is 6.07 Å². The predicted molar refractivity (Wildman–Crippen MR) is 78.1 cm³/mol. The first-order valence-electron chi connectivity index (χ1n) is 5.87. The lowest BCUT2D eigenvalue weighted by Gasteiger charge is -2.13. The Morgan fingerprint density at radius 2 is 2.19 bits per heavy atom. The van der Waals surface area contributed by atoms with Crippen LogP contribution in [0.3, 0.4) is 0 Å². The lowest BCUT2D eigenvalue weighted by Crippen LogP contribution is -2.43. The molecule has 6 nitrogen and oxygen atoms in total. The van der Waals surface area contributed by atoms with E-state index in [1.165, 1.54) is 13.0 Å². The highest BCUT2D eigenvalue weighted by atomic mass is 35.5. The summed E-state index contributed by atoms with van der Waals surface area (Å²) >= 11 is 5.96. The third-order valence-corrected chi connectivity index (χ3v) is 4.22. The maximum absolute atomic E-state index is 12.0. The first-order valence-corrected chi connectivity index (χ1v) is 7.73. The van der Waals surface area contributed by atoms with Gasteiger partial charge in [0, 0.05) is 22.7 Å². The molecule has 1 aromatic carbocycles. The summed E-state index contributed by atoms with van der Waals surface area (Å²) in [5.41, 5.74) is 0.942. The molecule has 0 spiro atoms. The molecule has 2 N–H and O–H groups in total. The number of hydrogen-bond donors (Lipinski definition) is 2. The molecule has 1 amide bonds. The Morgan fingerprint density at radius 3 is 2.67 bits per heavy atom. The second kappa shape index (κ2) is 7.76. The molecule has 0 saturated heterocycles. The van der Waals surface area contributed by atoms with Crippen molar-refractivity contribution in [3.05, 3.63) is 34.3 Å². The normalized spacial score (nSPS) is 13.0. The van der Waals surface area contributed by atoms with E-state index in [1.807, 2.05) is 6.07 Å². The summed E-state index contributed by atoms with van der Waals surface area (Å²) in [7, 11) is -1.52. The van der Waals surface area contributed by atoms with Crippen molar-refractivity contribution in [3.63, 3.8) is 0 Å². The minimum Gasteiger partial charge on any atom is -0.480 e. The van der Waals surface area contributed by atoms with E-state index in [1.54, 1.807) is 12.1 Å². The lowest BCUT2D eigenvalue weighted by molar-refractivity contribution is -0.140. The number of halogens is 1. The Kier molecular flexibility index (Phi) is 6.34. The summed E-state index contributed by atoms with van der Waals surface area (Å²) in [6.45, 7) is 1.19. The second-order valence-electron chi connectivity index (χ2n) is 4.26. The zero-order valence-corrected chi connectivity index (χ0v) is 12.7. The topological polar surface area (TPSA) is 107 Å². The second-order valence-corrected chi connectivity index (χ2v) is 6.17.